The summed E-state index contributed by atoms with van der Waals surface area (Å²) in [5.74, 6) is 0.796. The predicted molar refractivity (Wildman–Crippen MR) is 102 cm³/mol. The first-order valence-electron chi connectivity index (χ1n) is 8.95. The monoisotopic (exact) mass is 349 g/mol. The number of piperazine rings is 1. The van der Waals surface area contributed by atoms with Crippen LogP contribution in [0.1, 0.15) is 15.9 Å². The number of carbonyl (C=O) groups is 1. The van der Waals surface area contributed by atoms with E-state index >= 15 is 0 Å². The second-order valence-electron chi connectivity index (χ2n) is 6.66. The number of benzene rings is 2. The van der Waals surface area contributed by atoms with Gasteiger partial charge in [-0.15, -0.1) is 0 Å². The van der Waals surface area contributed by atoms with Crippen molar-refractivity contribution in [3.8, 4) is 5.75 Å². The number of nitrogens with one attached hydrogen (secondary N) is 1. The van der Waals surface area contributed by atoms with Gasteiger partial charge in [-0.2, -0.15) is 0 Å². The predicted octanol–water partition coefficient (Wildman–Crippen LogP) is 3.13. The Morgan fingerprint density at radius 2 is 1.88 bits per heavy atom. The fourth-order valence-corrected chi connectivity index (χ4v) is 3.55. The zero-order valence-corrected chi connectivity index (χ0v) is 14.9. The Morgan fingerprint density at radius 1 is 1.08 bits per heavy atom. The average Bonchev–Trinajstić information content (AvgIpc) is 3.11. The van der Waals surface area contributed by atoms with Crippen molar-refractivity contribution in [3.05, 3.63) is 65.9 Å². The van der Waals surface area contributed by atoms with Crippen molar-refractivity contribution >= 4 is 16.8 Å². The standard InChI is InChI=1S/C21H23N3O2/c1-26-18-6-4-5-16(13-18)21(25)24-11-9-23(10-12-24)15-17-14-22-20-8-3-2-7-19(17)20/h2-8,13-14,22H,9-12,15H2,1H3. The summed E-state index contributed by atoms with van der Waals surface area (Å²) in [6, 6.07) is 15.8. The summed E-state index contributed by atoms with van der Waals surface area (Å²) in [5.41, 5.74) is 3.18. The number of aromatic amines is 1. The molecule has 5 heteroatoms. The van der Waals surface area contributed by atoms with E-state index in [1.165, 1.54) is 16.5 Å². The number of hydrogen-bond acceptors (Lipinski definition) is 3. The molecule has 0 saturated carbocycles. The molecule has 2 heterocycles. The highest BCUT2D eigenvalue weighted by Crippen LogP contribution is 2.20. The van der Waals surface area contributed by atoms with Gasteiger partial charge in [0.25, 0.3) is 5.91 Å². The first-order valence-corrected chi connectivity index (χ1v) is 8.95. The summed E-state index contributed by atoms with van der Waals surface area (Å²) < 4.78 is 5.22. The number of rotatable bonds is 4. The van der Waals surface area contributed by atoms with Crippen LogP contribution in [0.3, 0.4) is 0 Å². The van der Waals surface area contributed by atoms with Gasteiger partial charge in [0.05, 0.1) is 7.11 Å². The number of amides is 1. The SMILES string of the molecule is COc1cccc(C(=O)N2CCN(Cc3c[nH]c4ccccc34)CC2)c1. The van der Waals surface area contributed by atoms with E-state index in [1.807, 2.05) is 29.2 Å². The summed E-state index contributed by atoms with van der Waals surface area (Å²) in [6.45, 7) is 4.17. The molecule has 26 heavy (non-hydrogen) atoms. The number of H-pyrrole nitrogens is 1. The summed E-state index contributed by atoms with van der Waals surface area (Å²) in [4.78, 5) is 20.4. The maximum Gasteiger partial charge on any atom is 0.254 e. The third-order valence-corrected chi connectivity index (χ3v) is 5.05. The maximum atomic E-state index is 12.7. The van der Waals surface area contributed by atoms with Gasteiger partial charge in [-0.1, -0.05) is 24.3 Å². The molecule has 0 aliphatic carbocycles. The number of para-hydroxylation sites is 1. The second-order valence-corrected chi connectivity index (χ2v) is 6.66. The molecule has 0 atom stereocenters. The third kappa shape index (κ3) is 3.30. The minimum Gasteiger partial charge on any atom is -0.497 e. The molecule has 0 unspecified atom stereocenters. The number of hydrogen-bond donors (Lipinski definition) is 1. The molecular weight excluding hydrogens is 326 g/mol. The van der Waals surface area contributed by atoms with Crippen molar-refractivity contribution in [1.82, 2.24) is 14.8 Å². The summed E-state index contributed by atoms with van der Waals surface area (Å²) in [6.07, 6.45) is 2.10. The number of aromatic nitrogens is 1. The lowest BCUT2D eigenvalue weighted by atomic mass is 10.1. The van der Waals surface area contributed by atoms with E-state index in [-0.39, 0.29) is 5.91 Å². The summed E-state index contributed by atoms with van der Waals surface area (Å²) in [7, 11) is 1.62. The molecular formula is C21H23N3O2. The van der Waals surface area contributed by atoms with E-state index in [2.05, 4.69) is 34.3 Å². The smallest absolute Gasteiger partial charge is 0.254 e. The van der Waals surface area contributed by atoms with Gasteiger partial charge in [0.1, 0.15) is 5.75 Å². The molecule has 1 amide bonds. The van der Waals surface area contributed by atoms with Crippen LogP contribution < -0.4 is 4.74 Å². The molecule has 5 nitrogen and oxygen atoms in total. The molecule has 4 rings (SSSR count). The van der Waals surface area contributed by atoms with Crippen molar-refractivity contribution in [3.63, 3.8) is 0 Å². The Kier molecular flexibility index (Phi) is 4.63. The molecule has 1 aliphatic heterocycles. The molecule has 1 saturated heterocycles. The highest BCUT2D eigenvalue weighted by Gasteiger charge is 2.23. The van der Waals surface area contributed by atoms with Crippen LogP contribution in [0.5, 0.6) is 5.75 Å². The lowest BCUT2D eigenvalue weighted by Gasteiger charge is -2.34. The lowest BCUT2D eigenvalue weighted by molar-refractivity contribution is 0.0628. The lowest BCUT2D eigenvalue weighted by Crippen LogP contribution is -2.48. The van der Waals surface area contributed by atoms with E-state index in [0.717, 1.165) is 32.7 Å². The molecule has 0 bridgehead atoms. The second kappa shape index (κ2) is 7.22. The molecule has 1 N–H and O–H groups in total. The van der Waals surface area contributed by atoms with E-state index in [4.69, 9.17) is 4.74 Å². The van der Waals surface area contributed by atoms with Crippen LogP contribution >= 0.6 is 0 Å². The molecule has 0 spiro atoms. The highest BCUT2D eigenvalue weighted by atomic mass is 16.5. The number of carbonyl (C=O) groups excluding carboxylic acids is 1. The van der Waals surface area contributed by atoms with Gasteiger partial charge in [-0.3, -0.25) is 9.69 Å². The minimum absolute atomic E-state index is 0.0793. The molecule has 0 radical (unpaired) electrons. The Balaban J connectivity index is 1.38. The third-order valence-electron chi connectivity index (χ3n) is 5.05. The fourth-order valence-electron chi connectivity index (χ4n) is 3.55. The number of ether oxygens (including phenoxy) is 1. The van der Waals surface area contributed by atoms with Crippen LogP contribution in [0, 0.1) is 0 Å². The normalized spacial score (nSPS) is 15.3. The number of fused-ring (bicyclic) bond motifs is 1. The van der Waals surface area contributed by atoms with Crippen molar-refractivity contribution < 1.29 is 9.53 Å². The van der Waals surface area contributed by atoms with Crippen molar-refractivity contribution in [2.75, 3.05) is 33.3 Å². The molecule has 3 aromatic rings. The summed E-state index contributed by atoms with van der Waals surface area (Å²) in [5, 5.41) is 1.28. The highest BCUT2D eigenvalue weighted by molar-refractivity contribution is 5.94. The maximum absolute atomic E-state index is 12.7. The van der Waals surface area contributed by atoms with Crippen molar-refractivity contribution in [2.45, 2.75) is 6.54 Å². The van der Waals surface area contributed by atoms with E-state index in [1.54, 1.807) is 13.2 Å². The number of nitrogens with zero attached hydrogens (tertiary/aromatic N) is 2. The van der Waals surface area contributed by atoms with Gasteiger partial charge >= 0.3 is 0 Å². The first-order chi connectivity index (χ1) is 12.7. The average molecular weight is 349 g/mol. The van der Waals surface area contributed by atoms with Crippen LogP contribution in [0.2, 0.25) is 0 Å². The van der Waals surface area contributed by atoms with Crippen LogP contribution in [0.15, 0.2) is 54.7 Å². The Labute approximate surface area is 153 Å². The van der Waals surface area contributed by atoms with Gasteiger partial charge in [0.15, 0.2) is 0 Å². The Morgan fingerprint density at radius 3 is 2.69 bits per heavy atom. The Bertz CT molecular complexity index is 910. The first kappa shape index (κ1) is 16.7. The zero-order chi connectivity index (χ0) is 17.9. The zero-order valence-electron chi connectivity index (χ0n) is 14.9. The summed E-state index contributed by atoms with van der Waals surface area (Å²) >= 11 is 0. The molecule has 1 fully saturated rings. The van der Waals surface area contributed by atoms with Crippen LogP contribution in [-0.2, 0) is 6.54 Å². The topological polar surface area (TPSA) is 48.6 Å². The van der Waals surface area contributed by atoms with Crippen LogP contribution in [-0.4, -0.2) is 54.0 Å². The minimum atomic E-state index is 0.0793. The van der Waals surface area contributed by atoms with Gasteiger partial charge in [-0.25, -0.2) is 0 Å². The van der Waals surface area contributed by atoms with Gasteiger partial charge in [0.2, 0.25) is 0 Å². The van der Waals surface area contributed by atoms with Crippen LogP contribution in [0.4, 0.5) is 0 Å². The van der Waals surface area contributed by atoms with E-state index in [9.17, 15) is 4.79 Å². The molecule has 1 aromatic heterocycles. The quantitative estimate of drug-likeness (QED) is 0.787. The Hall–Kier alpha value is -2.79. The molecule has 1 aliphatic rings. The van der Waals surface area contributed by atoms with E-state index in [0.29, 0.717) is 11.3 Å². The van der Waals surface area contributed by atoms with Gasteiger partial charge < -0.3 is 14.6 Å². The van der Waals surface area contributed by atoms with Gasteiger partial charge in [-0.05, 0) is 29.8 Å². The number of methoxy groups -OCH3 is 1. The van der Waals surface area contributed by atoms with Crippen molar-refractivity contribution in [2.24, 2.45) is 0 Å². The largest absolute Gasteiger partial charge is 0.497 e. The van der Waals surface area contributed by atoms with Crippen molar-refractivity contribution in [1.29, 1.82) is 0 Å². The molecule has 2 aromatic carbocycles. The van der Waals surface area contributed by atoms with Gasteiger partial charge in [0, 0.05) is 55.4 Å². The molecule has 134 valence electrons. The van der Waals surface area contributed by atoms with Crippen LogP contribution in [0.25, 0.3) is 10.9 Å². The fraction of sp³-hybridized carbons (Fsp3) is 0.286. The van der Waals surface area contributed by atoms with E-state index < -0.39 is 0 Å².